The highest BCUT2D eigenvalue weighted by molar-refractivity contribution is 5.91. The quantitative estimate of drug-likeness (QED) is 0.379. The van der Waals surface area contributed by atoms with E-state index in [1.165, 1.54) is 17.4 Å². The largest absolute Gasteiger partial charge is 0.459 e. The van der Waals surface area contributed by atoms with Crippen LogP contribution in [0.2, 0.25) is 0 Å². The van der Waals surface area contributed by atoms with Crippen molar-refractivity contribution in [1.82, 2.24) is 14.9 Å². The smallest absolute Gasteiger partial charge is 0.289 e. The van der Waals surface area contributed by atoms with Crippen molar-refractivity contribution in [2.45, 2.75) is 20.0 Å². The van der Waals surface area contributed by atoms with E-state index in [1.807, 2.05) is 35.2 Å². The summed E-state index contributed by atoms with van der Waals surface area (Å²) in [6.45, 7) is 5.01. The number of hydrogen-bond donors (Lipinski definition) is 0. The molecule has 2 aromatic carbocycles. The maximum Gasteiger partial charge on any atom is 0.289 e. The van der Waals surface area contributed by atoms with E-state index in [1.54, 1.807) is 19.2 Å². The Morgan fingerprint density at radius 1 is 0.944 bits per heavy atom. The Bertz CT molecular complexity index is 1300. The van der Waals surface area contributed by atoms with Crippen molar-refractivity contribution in [2.75, 3.05) is 38.2 Å². The molecule has 5 rings (SSSR count). The molecule has 0 N–H and O–H groups in total. The van der Waals surface area contributed by atoms with E-state index in [0.717, 1.165) is 22.6 Å². The first-order chi connectivity index (χ1) is 17.6. The first-order valence-electron chi connectivity index (χ1n) is 12.2. The standard InChI is InChI=1S/C29H30N4O3/c1-21-10-12-22(13-11-21)19-24-25(20-35-2)30-27(23-7-4-3-5-8-23)31-28(24)32-14-16-33(17-15-32)29(34)26-9-6-18-36-26/h3-13,18H,14-17,19-20H2,1-2H3. The van der Waals surface area contributed by atoms with Crippen LogP contribution in [0.4, 0.5) is 5.82 Å². The molecule has 1 fully saturated rings. The van der Waals surface area contributed by atoms with Crippen molar-refractivity contribution in [3.8, 4) is 11.4 Å². The highest BCUT2D eigenvalue weighted by atomic mass is 16.5. The second kappa shape index (κ2) is 10.7. The summed E-state index contributed by atoms with van der Waals surface area (Å²) in [7, 11) is 1.69. The van der Waals surface area contributed by atoms with Gasteiger partial charge < -0.3 is 19.0 Å². The van der Waals surface area contributed by atoms with Gasteiger partial charge in [0.15, 0.2) is 11.6 Å². The van der Waals surface area contributed by atoms with Gasteiger partial charge in [-0.15, -0.1) is 0 Å². The van der Waals surface area contributed by atoms with Crippen LogP contribution < -0.4 is 4.90 Å². The van der Waals surface area contributed by atoms with Crippen LogP contribution in [0.15, 0.2) is 77.4 Å². The number of hydrogen-bond acceptors (Lipinski definition) is 6. The lowest BCUT2D eigenvalue weighted by Gasteiger charge is -2.36. The zero-order chi connectivity index (χ0) is 24.9. The van der Waals surface area contributed by atoms with Gasteiger partial charge in [0.05, 0.1) is 18.6 Å². The number of aryl methyl sites for hydroxylation is 1. The lowest BCUT2D eigenvalue weighted by atomic mass is 10.0. The number of furan rings is 1. The molecule has 184 valence electrons. The first-order valence-corrected chi connectivity index (χ1v) is 12.2. The number of rotatable bonds is 7. The predicted octanol–water partition coefficient (Wildman–Crippen LogP) is 4.74. The molecular weight excluding hydrogens is 452 g/mol. The molecule has 1 aliphatic rings. The van der Waals surface area contributed by atoms with Crippen LogP contribution in [0.5, 0.6) is 0 Å². The Hall–Kier alpha value is -3.97. The van der Waals surface area contributed by atoms with Crippen LogP contribution >= 0.6 is 0 Å². The zero-order valence-corrected chi connectivity index (χ0v) is 20.7. The van der Waals surface area contributed by atoms with E-state index in [9.17, 15) is 4.79 Å². The second-order valence-corrected chi connectivity index (χ2v) is 9.01. The minimum atomic E-state index is -0.0766. The molecule has 0 atom stereocenters. The molecule has 36 heavy (non-hydrogen) atoms. The minimum absolute atomic E-state index is 0.0766. The Morgan fingerprint density at radius 3 is 2.36 bits per heavy atom. The average molecular weight is 483 g/mol. The monoisotopic (exact) mass is 482 g/mol. The molecule has 0 spiro atoms. The maximum atomic E-state index is 12.8. The Labute approximate surface area is 211 Å². The summed E-state index contributed by atoms with van der Waals surface area (Å²) in [6, 6.07) is 22.0. The number of amides is 1. The number of piperazine rings is 1. The van der Waals surface area contributed by atoms with Crippen molar-refractivity contribution in [2.24, 2.45) is 0 Å². The molecular formula is C29H30N4O3. The van der Waals surface area contributed by atoms with Gasteiger partial charge in [-0.05, 0) is 24.6 Å². The fourth-order valence-electron chi connectivity index (χ4n) is 4.52. The predicted molar refractivity (Wildman–Crippen MR) is 139 cm³/mol. The summed E-state index contributed by atoms with van der Waals surface area (Å²) in [5.41, 5.74) is 5.33. The fourth-order valence-corrected chi connectivity index (χ4v) is 4.52. The zero-order valence-electron chi connectivity index (χ0n) is 20.7. The SMILES string of the molecule is COCc1nc(-c2ccccc2)nc(N2CCN(C(=O)c3ccco3)CC2)c1Cc1ccc(C)cc1. The van der Waals surface area contributed by atoms with Crippen LogP contribution in [0.1, 0.15) is 32.9 Å². The van der Waals surface area contributed by atoms with Gasteiger partial charge >= 0.3 is 0 Å². The normalized spacial score (nSPS) is 13.7. The van der Waals surface area contributed by atoms with E-state index < -0.39 is 0 Å². The molecule has 1 saturated heterocycles. The van der Waals surface area contributed by atoms with Crippen LogP contribution in [0, 0.1) is 6.92 Å². The Kier molecular flexibility index (Phi) is 7.09. The molecule has 0 radical (unpaired) electrons. The highest BCUT2D eigenvalue weighted by Crippen LogP contribution is 2.29. The third kappa shape index (κ3) is 5.16. The van der Waals surface area contributed by atoms with E-state index in [4.69, 9.17) is 19.1 Å². The molecule has 3 heterocycles. The van der Waals surface area contributed by atoms with Crippen LogP contribution in [-0.2, 0) is 17.8 Å². The second-order valence-electron chi connectivity index (χ2n) is 9.01. The van der Waals surface area contributed by atoms with Gasteiger partial charge in [-0.2, -0.15) is 0 Å². The van der Waals surface area contributed by atoms with Gasteiger partial charge in [0.25, 0.3) is 5.91 Å². The maximum absolute atomic E-state index is 12.8. The summed E-state index contributed by atoms with van der Waals surface area (Å²) < 4.78 is 10.9. The molecule has 0 unspecified atom stereocenters. The first kappa shape index (κ1) is 23.8. The van der Waals surface area contributed by atoms with E-state index in [-0.39, 0.29) is 5.91 Å². The molecule has 0 aliphatic carbocycles. The van der Waals surface area contributed by atoms with Crippen LogP contribution in [0.3, 0.4) is 0 Å². The van der Waals surface area contributed by atoms with Gasteiger partial charge in [0.2, 0.25) is 0 Å². The third-order valence-corrected chi connectivity index (χ3v) is 6.48. The lowest BCUT2D eigenvalue weighted by molar-refractivity contribution is 0.0714. The van der Waals surface area contributed by atoms with Gasteiger partial charge in [-0.25, -0.2) is 9.97 Å². The van der Waals surface area contributed by atoms with Crippen LogP contribution in [-0.4, -0.2) is 54.1 Å². The van der Waals surface area contributed by atoms with E-state index in [0.29, 0.717) is 50.8 Å². The number of aromatic nitrogens is 2. The van der Waals surface area contributed by atoms with Crippen molar-refractivity contribution >= 4 is 11.7 Å². The number of carbonyl (C=O) groups excluding carboxylic acids is 1. The Morgan fingerprint density at radius 2 is 1.69 bits per heavy atom. The number of carbonyl (C=O) groups is 1. The fraction of sp³-hybridized carbons (Fsp3) is 0.276. The summed E-state index contributed by atoms with van der Waals surface area (Å²) in [4.78, 5) is 26.9. The summed E-state index contributed by atoms with van der Waals surface area (Å²) in [5, 5.41) is 0. The van der Waals surface area contributed by atoms with Crippen LogP contribution in [0.25, 0.3) is 11.4 Å². The van der Waals surface area contributed by atoms with Crippen molar-refractivity contribution < 1.29 is 13.9 Å². The minimum Gasteiger partial charge on any atom is -0.459 e. The van der Waals surface area contributed by atoms with Gasteiger partial charge in [0.1, 0.15) is 5.82 Å². The summed E-state index contributed by atoms with van der Waals surface area (Å²) in [6.07, 6.45) is 2.24. The molecule has 7 heteroatoms. The van der Waals surface area contributed by atoms with Crippen molar-refractivity contribution in [3.63, 3.8) is 0 Å². The number of ether oxygens (including phenoxy) is 1. The molecule has 1 amide bonds. The lowest BCUT2D eigenvalue weighted by Crippen LogP contribution is -2.49. The molecule has 1 aliphatic heterocycles. The Balaban J connectivity index is 1.50. The molecule has 7 nitrogen and oxygen atoms in total. The van der Waals surface area contributed by atoms with Gasteiger partial charge in [0, 0.05) is 50.8 Å². The van der Waals surface area contributed by atoms with E-state index in [2.05, 4.69) is 36.1 Å². The van der Waals surface area contributed by atoms with E-state index >= 15 is 0 Å². The molecule has 4 aromatic rings. The summed E-state index contributed by atoms with van der Waals surface area (Å²) >= 11 is 0. The summed E-state index contributed by atoms with van der Waals surface area (Å²) in [5.74, 6) is 1.88. The highest BCUT2D eigenvalue weighted by Gasteiger charge is 2.27. The van der Waals surface area contributed by atoms with Gasteiger partial charge in [-0.3, -0.25) is 4.79 Å². The number of methoxy groups -OCH3 is 1. The molecule has 2 aromatic heterocycles. The third-order valence-electron chi connectivity index (χ3n) is 6.48. The van der Waals surface area contributed by atoms with Gasteiger partial charge in [-0.1, -0.05) is 60.2 Å². The van der Waals surface area contributed by atoms with Crippen molar-refractivity contribution in [3.05, 3.63) is 101 Å². The number of benzene rings is 2. The average Bonchev–Trinajstić information content (AvgIpc) is 3.46. The molecule has 0 bridgehead atoms. The van der Waals surface area contributed by atoms with Crippen molar-refractivity contribution in [1.29, 1.82) is 0 Å². The topological polar surface area (TPSA) is 71.7 Å². The number of nitrogens with zero attached hydrogens (tertiary/aromatic N) is 4. The number of anilines is 1. The molecule has 0 saturated carbocycles.